The molecule has 4 heteroatoms. The predicted octanol–water partition coefficient (Wildman–Crippen LogP) is 8.27. The minimum Gasteiger partial charge on any atom is -0.493 e. The number of allylic oxidation sites excluding steroid dienone is 8. The van der Waals surface area contributed by atoms with Crippen molar-refractivity contribution in [2.45, 2.75) is 39.5 Å². The Morgan fingerprint density at radius 1 is 0.565 bits per heavy atom. The number of fused-ring (bicyclic) bond motifs is 4. The van der Waals surface area contributed by atoms with Gasteiger partial charge in [0, 0.05) is 43.4 Å². The molecule has 0 bridgehead atoms. The molecule has 2 unspecified atom stereocenters. The van der Waals surface area contributed by atoms with Gasteiger partial charge in [0.15, 0.2) is 11.6 Å². The van der Waals surface area contributed by atoms with E-state index in [-0.39, 0.29) is 23.4 Å². The van der Waals surface area contributed by atoms with Crippen molar-refractivity contribution in [3.63, 3.8) is 0 Å². The van der Waals surface area contributed by atoms with Crippen molar-refractivity contribution >= 4 is 65.8 Å². The molecule has 2 atom stereocenters. The molecule has 46 heavy (non-hydrogen) atoms. The maximum absolute atomic E-state index is 14.0. The lowest BCUT2D eigenvalue weighted by molar-refractivity contribution is 0.0961. The average molecular weight is 603 g/mol. The summed E-state index contributed by atoms with van der Waals surface area (Å²) in [7, 11) is 0. The Kier molecular flexibility index (Phi) is 6.12. The summed E-state index contributed by atoms with van der Waals surface area (Å²) in [4.78, 5) is 28.1. The van der Waals surface area contributed by atoms with Crippen LogP contribution in [0.5, 0.6) is 11.5 Å². The zero-order chi connectivity index (χ0) is 31.1. The standard InChI is InChI=1S/C42H34O4/c1-3-5-19-45-33-21-31-23-11-7-9-13-27(23)41(43)29-17-15-25-26-16-18-30-36-32(24-12-8-10-14-28(24)42(30)44)22-34(46-20-6-4-2)40(38(26)36)39(33)37(25)35(29)31/h7-18,21-22,27-28H,3-6,19-20H2,1-2H3. The van der Waals surface area contributed by atoms with Gasteiger partial charge in [0.1, 0.15) is 11.5 Å². The summed E-state index contributed by atoms with van der Waals surface area (Å²) in [5.74, 6) is 1.25. The topological polar surface area (TPSA) is 52.6 Å². The van der Waals surface area contributed by atoms with E-state index in [1.807, 2.05) is 48.6 Å². The number of Topliss-reactive ketones (excluding diaryl/α,β-unsaturated/α-hetero) is 2. The number of ketones is 2. The molecule has 5 aromatic carbocycles. The fraction of sp³-hybridized carbons (Fsp3) is 0.238. The fourth-order valence-corrected chi connectivity index (χ4v) is 8.16. The van der Waals surface area contributed by atoms with Crippen LogP contribution in [-0.4, -0.2) is 24.8 Å². The van der Waals surface area contributed by atoms with Crippen LogP contribution in [0.2, 0.25) is 0 Å². The van der Waals surface area contributed by atoms with Gasteiger partial charge in [-0.3, -0.25) is 9.59 Å². The van der Waals surface area contributed by atoms with E-state index in [1.54, 1.807) is 0 Å². The Bertz CT molecular complexity index is 2260. The van der Waals surface area contributed by atoms with Crippen LogP contribution in [0.3, 0.4) is 0 Å². The van der Waals surface area contributed by atoms with Gasteiger partial charge < -0.3 is 9.47 Å². The summed E-state index contributed by atoms with van der Waals surface area (Å²) in [5.41, 5.74) is 3.53. The molecular formula is C42H34O4. The molecule has 0 aromatic heterocycles. The minimum absolute atomic E-state index is 0.126. The molecule has 0 radical (unpaired) electrons. The molecule has 0 aliphatic heterocycles. The van der Waals surface area contributed by atoms with Gasteiger partial charge in [-0.15, -0.1) is 0 Å². The summed E-state index contributed by atoms with van der Waals surface area (Å²) in [6.45, 7) is 5.52. The molecule has 0 N–H and O–H groups in total. The van der Waals surface area contributed by atoms with Crippen LogP contribution in [0.1, 0.15) is 60.2 Å². The first-order valence-corrected chi connectivity index (χ1v) is 16.7. The van der Waals surface area contributed by atoms with Crippen LogP contribution in [0.25, 0.3) is 54.2 Å². The smallest absolute Gasteiger partial charge is 0.174 e. The predicted molar refractivity (Wildman–Crippen MR) is 187 cm³/mol. The van der Waals surface area contributed by atoms with Crippen molar-refractivity contribution in [2.24, 2.45) is 11.8 Å². The highest BCUT2D eigenvalue weighted by Crippen LogP contribution is 2.49. The highest BCUT2D eigenvalue weighted by atomic mass is 16.5. The summed E-state index contributed by atoms with van der Waals surface area (Å²) in [6, 6.07) is 12.6. The third kappa shape index (κ3) is 3.61. The molecule has 0 amide bonds. The molecule has 4 nitrogen and oxygen atoms in total. The number of rotatable bonds is 8. The Morgan fingerprint density at radius 2 is 1.02 bits per heavy atom. The first-order valence-electron chi connectivity index (χ1n) is 16.7. The molecule has 0 saturated carbocycles. The van der Waals surface area contributed by atoms with Crippen LogP contribution in [0.4, 0.5) is 0 Å². The molecule has 4 aliphatic carbocycles. The summed E-state index contributed by atoms with van der Waals surface area (Å²) >= 11 is 0. The van der Waals surface area contributed by atoms with E-state index in [2.05, 4.69) is 50.3 Å². The van der Waals surface area contributed by atoms with Crippen LogP contribution in [0.15, 0.2) is 85.0 Å². The van der Waals surface area contributed by atoms with Crippen molar-refractivity contribution in [1.29, 1.82) is 0 Å². The van der Waals surface area contributed by atoms with Crippen LogP contribution < -0.4 is 19.9 Å². The van der Waals surface area contributed by atoms with E-state index in [1.165, 1.54) is 0 Å². The third-order valence-corrected chi connectivity index (χ3v) is 10.3. The molecule has 9 rings (SSSR count). The molecule has 0 saturated heterocycles. The van der Waals surface area contributed by atoms with Crippen molar-refractivity contribution in [3.05, 3.63) is 107 Å². The summed E-state index contributed by atoms with van der Waals surface area (Å²) < 4.78 is 13.4. The van der Waals surface area contributed by atoms with Crippen LogP contribution in [-0.2, 0) is 0 Å². The number of carbonyl (C=O) groups excluding carboxylic acids is 2. The van der Waals surface area contributed by atoms with Gasteiger partial charge in [0.2, 0.25) is 0 Å². The fourth-order valence-electron chi connectivity index (χ4n) is 8.16. The van der Waals surface area contributed by atoms with Gasteiger partial charge in [-0.1, -0.05) is 99.6 Å². The van der Waals surface area contributed by atoms with E-state index in [0.717, 1.165) is 113 Å². The van der Waals surface area contributed by atoms with Gasteiger partial charge in [0.05, 0.1) is 25.0 Å². The van der Waals surface area contributed by atoms with Gasteiger partial charge in [-0.2, -0.15) is 0 Å². The molecule has 5 aromatic rings. The zero-order valence-corrected chi connectivity index (χ0v) is 26.1. The quantitative estimate of drug-likeness (QED) is 0.102. The average Bonchev–Trinajstić information content (AvgIpc) is 3.09. The molecule has 226 valence electrons. The Morgan fingerprint density at radius 3 is 1.46 bits per heavy atom. The molecule has 0 heterocycles. The van der Waals surface area contributed by atoms with Gasteiger partial charge in [-0.05, 0) is 57.3 Å². The van der Waals surface area contributed by atoms with E-state index >= 15 is 0 Å². The number of ether oxygens (including phenoxy) is 2. The number of carbonyl (C=O) groups is 2. The second kappa shape index (κ2) is 10.3. The van der Waals surface area contributed by atoms with Crippen molar-refractivity contribution in [3.8, 4) is 11.5 Å². The van der Waals surface area contributed by atoms with Gasteiger partial charge in [0.25, 0.3) is 0 Å². The highest BCUT2D eigenvalue weighted by molar-refractivity contribution is 6.39. The summed E-state index contributed by atoms with van der Waals surface area (Å²) in [5, 5.41) is 10.2. The minimum atomic E-state index is -0.302. The first-order chi connectivity index (χ1) is 22.6. The number of unbranched alkanes of at least 4 members (excludes halogenated alkanes) is 2. The maximum Gasteiger partial charge on any atom is 0.174 e. The molecular weight excluding hydrogens is 568 g/mol. The Balaban J connectivity index is 1.54. The summed E-state index contributed by atoms with van der Waals surface area (Å²) in [6.07, 6.45) is 20.1. The zero-order valence-electron chi connectivity index (χ0n) is 26.1. The number of hydrogen-bond acceptors (Lipinski definition) is 4. The van der Waals surface area contributed by atoms with Crippen molar-refractivity contribution in [1.82, 2.24) is 0 Å². The lowest BCUT2D eigenvalue weighted by atomic mass is 9.75. The lowest BCUT2D eigenvalue weighted by Crippen LogP contribution is -2.28. The van der Waals surface area contributed by atoms with Crippen LogP contribution >= 0.6 is 0 Å². The highest BCUT2D eigenvalue weighted by Gasteiger charge is 2.34. The largest absolute Gasteiger partial charge is 0.493 e. The Hall–Kier alpha value is -4.96. The third-order valence-electron chi connectivity index (χ3n) is 10.3. The normalized spacial score (nSPS) is 19.3. The van der Waals surface area contributed by atoms with E-state index in [0.29, 0.717) is 13.2 Å². The second-order valence-corrected chi connectivity index (χ2v) is 12.9. The Labute approximate surface area is 267 Å². The van der Waals surface area contributed by atoms with Crippen molar-refractivity contribution in [2.75, 3.05) is 13.2 Å². The van der Waals surface area contributed by atoms with Crippen molar-refractivity contribution < 1.29 is 19.1 Å². The maximum atomic E-state index is 14.0. The SMILES string of the molecule is CCCCOc1cc2c3c(ccc4c5ccc6c7c(cc(OCCCC)c(c1c34)c75)=C1C=CC=CC1C6=O)C(=O)C1C=CC=CC=21. The number of hydrogen-bond donors (Lipinski definition) is 0. The van der Waals surface area contributed by atoms with Crippen LogP contribution in [0, 0.1) is 11.8 Å². The van der Waals surface area contributed by atoms with E-state index in [9.17, 15) is 9.59 Å². The van der Waals surface area contributed by atoms with E-state index in [4.69, 9.17) is 9.47 Å². The van der Waals surface area contributed by atoms with Gasteiger partial charge >= 0.3 is 0 Å². The molecule has 4 aliphatic rings. The van der Waals surface area contributed by atoms with E-state index < -0.39 is 0 Å². The monoisotopic (exact) mass is 602 g/mol. The molecule has 0 fully saturated rings. The van der Waals surface area contributed by atoms with Gasteiger partial charge in [-0.25, -0.2) is 0 Å². The molecule has 0 spiro atoms. The second-order valence-electron chi connectivity index (χ2n) is 12.9. The lowest BCUT2D eigenvalue weighted by Gasteiger charge is -2.28. The first kappa shape index (κ1) is 27.4. The number of benzene rings is 5.